The summed E-state index contributed by atoms with van der Waals surface area (Å²) in [4.78, 5) is 59.4. The highest BCUT2D eigenvalue weighted by Gasteiger charge is 2.53. The third kappa shape index (κ3) is 10.1. The van der Waals surface area contributed by atoms with Crippen LogP contribution in [-0.2, 0) is 42.9 Å². The van der Waals surface area contributed by atoms with E-state index in [1.165, 1.54) is 12.1 Å². The number of Topliss-reactive ketones (excluding diaryl/α,β-unsaturated/α-hetero) is 1. The molecule has 4 fully saturated rings. The number of rotatable bonds is 12. The summed E-state index contributed by atoms with van der Waals surface area (Å²) >= 11 is 5.64. The SMILES string of the molecule is CC1(C)C(=O)N(c2cnc(C#N)c(C(F)(F)F)c2)C(=S)N1C1CCC(OCCN2CCN(CC(=O)Cc3cc(F)cc(CC4CCC(=O)NC4=O)c3)[C@@H](C(F)(F)F)C2)CC1. The van der Waals surface area contributed by atoms with E-state index in [2.05, 4.69) is 10.3 Å². The van der Waals surface area contributed by atoms with Crippen LogP contribution in [-0.4, -0.2) is 118 Å². The number of anilines is 1. The van der Waals surface area contributed by atoms with Crippen molar-refractivity contribution in [2.75, 3.05) is 44.2 Å². The standard InChI is InChI=1S/C40H44F7N7O5S/c1-38(2)36(58)53(28-18-31(39(42,43)44)32(19-48)49-20-28)37(60)54(38)27-4-6-30(7-5-27)59-12-11-51-9-10-52(33(22-51)40(45,46)47)21-29(55)17-24-13-23(15-26(41)16-24)14-25-3-8-34(56)50-35(25)57/h13,15-16,18,20,25,27,30,33H,3-12,14,17,21-22H2,1-2H3,(H,50,56,57)/t25?,27?,30?,33-/m1/s1. The molecule has 0 radical (unpaired) electrons. The second-order valence-electron chi connectivity index (χ2n) is 16.2. The minimum atomic E-state index is -4.88. The molecule has 1 aliphatic carbocycles. The highest BCUT2D eigenvalue weighted by atomic mass is 32.1. The first-order valence-corrected chi connectivity index (χ1v) is 20.0. The summed E-state index contributed by atoms with van der Waals surface area (Å²) in [6.45, 7) is 2.95. The zero-order valence-electron chi connectivity index (χ0n) is 32.9. The normalized spacial score (nSPS) is 24.5. The molecule has 0 bridgehead atoms. The number of halogens is 7. The summed E-state index contributed by atoms with van der Waals surface area (Å²) in [5, 5.41) is 11.4. The fourth-order valence-electron chi connectivity index (χ4n) is 8.60. The first-order valence-electron chi connectivity index (χ1n) is 19.6. The molecule has 12 nitrogen and oxygen atoms in total. The molecule has 3 saturated heterocycles. The van der Waals surface area contributed by atoms with Gasteiger partial charge < -0.3 is 9.64 Å². The van der Waals surface area contributed by atoms with Crippen molar-refractivity contribution in [2.45, 2.75) is 101 Å². The molecule has 3 aliphatic heterocycles. The minimum Gasteiger partial charge on any atom is -0.377 e. The van der Waals surface area contributed by atoms with Gasteiger partial charge in [-0.25, -0.2) is 9.37 Å². The van der Waals surface area contributed by atoms with Crippen molar-refractivity contribution in [2.24, 2.45) is 5.92 Å². The average molecular weight is 868 g/mol. The molecule has 1 aromatic heterocycles. The molecule has 1 unspecified atom stereocenters. The molecule has 1 saturated carbocycles. The lowest BCUT2D eigenvalue weighted by Crippen LogP contribution is -2.60. The van der Waals surface area contributed by atoms with Gasteiger partial charge >= 0.3 is 12.4 Å². The van der Waals surface area contributed by atoms with Crippen LogP contribution < -0.4 is 10.2 Å². The Labute approximate surface area is 347 Å². The van der Waals surface area contributed by atoms with E-state index in [0.717, 1.165) is 22.1 Å². The van der Waals surface area contributed by atoms with Crippen LogP contribution in [0.5, 0.6) is 0 Å². The predicted molar refractivity (Wildman–Crippen MR) is 204 cm³/mol. The van der Waals surface area contributed by atoms with Crippen molar-refractivity contribution in [3.63, 3.8) is 0 Å². The van der Waals surface area contributed by atoms with Gasteiger partial charge in [-0.1, -0.05) is 6.07 Å². The van der Waals surface area contributed by atoms with Gasteiger partial charge in [0.05, 0.1) is 36.7 Å². The summed E-state index contributed by atoms with van der Waals surface area (Å²) in [6.07, 6.45) is -6.31. The molecule has 6 rings (SSSR count). The number of piperazine rings is 1. The molecule has 1 aromatic carbocycles. The molecule has 2 aromatic rings. The lowest BCUT2D eigenvalue weighted by molar-refractivity contribution is -0.197. The largest absolute Gasteiger partial charge is 0.419 e. The van der Waals surface area contributed by atoms with Crippen LogP contribution in [0.15, 0.2) is 30.5 Å². The number of hydrogen-bond donors (Lipinski definition) is 1. The first kappa shape index (κ1) is 45.0. The smallest absolute Gasteiger partial charge is 0.377 e. The number of ether oxygens (including phenoxy) is 1. The maximum atomic E-state index is 14.5. The maximum absolute atomic E-state index is 14.5. The number of pyridine rings is 1. The lowest BCUT2D eigenvalue weighted by atomic mass is 9.89. The van der Waals surface area contributed by atoms with E-state index in [1.54, 1.807) is 29.7 Å². The molecule has 60 heavy (non-hydrogen) atoms. The molecular formula is C40H44F7N7O5S. The van der Waals surface area contributed by atoms with Crippen molar-refractivity contribution in [3.8, 4) is 6.07 Å². The number of nitrogens with one attached hydrogen (secondary N) is 1. The second-order valence-corrected chi connectivity index (χ2v) is 16.6. The summed E-state index contributed by atoms with van der Waals surface area (Å²) in [7, 11) is 0. The third-order valence-electron chi connectivity index (χ3n) is 11.6. The topological polar surface area (TPSA) is 139 Å². The van der Waals surface area contributed by atoms with E-state index < -0.39 is 71.1 Å². The Hall–Kier alpha value is -4.58. The van der Waals surface area contributed by atoms with Gasteiger partial charge in [0, 0.05) is 51.0 Å². The Kier molecular flexibility index (Phi) is 13.3. The number of carbonyl (C=O) groups is 4. The highest BCUT2D eigenvalue weighted by Crippen LogP contribution is 2.40. The van der Waals surface area contributed by atoms with Gasteiger partial charge in [0.25, 0.3) is 5.91 Å². The highest BCUT2D eigenvalue weighted by molar-refractivity contribution is 7.80. The predicted octanol–water partition coefficient (Wildman–Crippen LogP) is 5.11. The Morgan fingerprint density at radius 1 is 1.02 bits per heavy atom. The Balaban J connectivity index is 0.980. The van der Waals surface area contributed by atoms with Crippen LogP contribution in [0.25, 0.3) is 0 Å². The van der Waals surface area contributed by atoms with Crippen LogP contribution in [0.2, 0.25) is 0 Å². The van der Waals surface area contributed by atoms with Gasteiger partial charge in [0.15, 0.2) is 16.6 Å². The number of hydrogen-bond acceptors (Lipinski definition) is 10. The Morgan fingerprint density at radius 3 is 2.37 bits per heavy atom. The van der Waals surface area contributed by atoms with Crippen LogP contribution in [0.1, 0.15) is 74.8 Å². The average Bonchev–Trinajstić information content (AvgIpc) is 3.34. The monoisotopic (exact) mass is 867 g/mol. The third-order valence-corrected chi connectivity index (χ3v) is 12.0. The number of ketones is 1. The van der Waals surface area contributed by atoms with Crippen LogP contribution in [0.4, 0.5) is 36.4 Å². The number of carbonyl (C=O) groups excluding carboxylic acids is 4. The van der Waals surface area contributed by atoms with Gasteiger partial charge in [0.2, 0.25) is 11.8 Å². The number of nitrogens with zero attached hydrogens (tertiary/aromatic N) is 6. The van der Waals surface area contributed by atoms with Gasteiger partial charge in [-0.05, 0) is 93.9 Å². The quantitative estimate of drug-likeness (QED) is 0.173. The molecule has 20 heteroatoms. The summed E-state index contributed by atoms with van der Waals surface area (Å²) in [6, 6.07) is 3.87. The number of thiocarbonyl (C=S) groups is 1. The fraction of sp³-hybridized carbons (Fsp3) is 0.575. The number of nitriles is 1. The zero-order chi connectivity index (χ0) is 43.7. The Morgan fingerprint density at radius 2 is 1.72 bits per heavy atom. The van der Waals surface area contributed by atoms with E-state index >= 15 is 0 Å². The lowest BCUT2D eigenvalue weighted by Gasteiger charge is -2.42. The summed E-state index contributed by atoms with van der Waals surface area (Å²) < 4.78 is 105. The maximum Gasteiger partial charge on any atom is 0.419 e. The first-order chi connectivity index (χ1) is 28.1. The molecule has 2 atom stereocenters. The van der Waals surface area contributed by atoms with Crippen molar-refractivity contribution in [1.29, 1.82) is 5.26 Å². The number of piperidine rings is 1. The molecule has 4 aliphatic rings. The number of alkyl halides is 6. The van der Waals surface area contributed by atoms with E-state index in [4.69, 9.17) is 22.2 Å². The molecular weight excluding hydrogens is 824 g/mol. The van der Waals surface area contributed by atoms with Crippen LogP contribution in [0, 0.1) is 23.1 Å². The molecule has 1 N–H and O–H groups in total. The number of amides is 3. The van der Waals surface area contributed by atoms with Crippen molar-refractivity contribution >= 4 is 46.5 Å². The van der Waals surface area contributed by atoms with E-state index in [1.807, 2.05) is 0 Å². The zero-order valence-corrected chi connectivity index (χ0v) is 33.7. The van der Waals surface area contributed by atoms with Gasteiger partial charge in [-0.2, -0.15) is 31.6 Å². The minimum absolute atomic E-state index is 0.0131. The molecule has 3 amide bonds. The number of aromatic nitrogens is 1. The van der Waals surface area contributed by atoms with E-state index in [9.17, 15) is 49.9 Å². The second kappa shape index (κ2) is 17.8. The van der Waals surface area contributed by atoms with E-state index in [0.29, 0.717) is 43.7 Å². The fourth-order valence-corrected chi connectivity index (χ4v) is 9.16. The van der Waals surface area contributed by atoms with Crippen molar-refractivity contribution in [3.05, 3.63) is 58.7 Å². The van der Waals surface area contributed by atoms with Gasteiger partial charge in [-0.15, -0.1) is 0 Å². The van der Waals surface area contributed by atoms with Crippen molar-refractivity contribution in [1.82, 2.24) is 25.0 Å². The van der Waals surface area contributed by atoms with E-state index in [-0.39, 0.29) is 86.5 Å². The molecule has 0 spiro atoms. The van der Waals surface area contributed by atoms with Gasteiger partial charge in [0.1, 0.15) is 23.5 Å². The molecule has 4 heterocycles. The van der Waals surface area contributed by atoms with Gasteiger partial charge in [-0.3, -0.25) is 39.2 Å². The molecule has 324 valence electrons. The summed E-state index contributed by atoms with van der Waals surface area (Å²) in [5.41, 5.74) is -2.79. The van der Waals surface area contributed by atoms with Crippen molar-refractivity contribution < 1.29 is 54.6 Å². The Bertz CT molecular complexity index is 2050. The van der Waals surface area contributed by atoms with Crippen LogP contribution in [0.3, 0.4) is 0 Å². The number of benzene rings is 1. The van der Waals surface area contributed by atoms with Crippen LogP contribution >= 0.6 is 12.2 Å². The number of imide groups is 1. The summed E-state index contributed by atoms with van der Waals surface area (Å²) in [5.74, 6) is -3.10.